The minimum Gasteiger partial charge on any atom is -0.508 e. The Morgan fingerprint density at radius 3 is 2.33 bits per heavy atom. The quantitative estimate of drug-likeness (QED) is 0.335. The molecule has 1 saturated carbocycles. The van der Waals surface area contributed by atoms with Crippen molar-refractivity contribution < 1.29 is 39.5 Å². The van der Waals surface area contributed by atoms with Gasteiger partial charge in [0, 0.05) is 46.8 Å². The first kappa shape index (κ1) is 28.1. The summed E-state index contributed by atoms with van der Waals surface area (Å²) in [5.74, 6) is -6.09. The van der Waals surface area contributed by atoms with Gasteiger partial charge in [-0.05, 0) is 53.1 Å². The summed E-state index contributed by atoms with van der Waals surface area (Å²) in [5, 5.41) is 45.8. The minimum atomic E-state index is -2.66. The number of hydrogen-bond donors (Lipinski definition) is 5. The van der Waals surface area contributed by atoms with Gasteiger partial charge in [0.1, 0.15) is 28.6 Å². The summed E-state index contributed by atoms with van der Waals surface area (Å²) in [6, 6.07) is -1.13. The number of aliphatic hydroxyl groups excluding tert-OH is 2. The fourth-order valence-corrected chi connectivity index (χ4v) is 7.12. The van der Waals surface area contributed by atoms with Crippen molar-refractivity contribution in [2.75, 3.05) is 21.2 Å². The number of carbonyl (C=O) groups excluding carboxylic acids is 3. The van der Waals surface area contributed by atoms with E-state index in [4.69, 9.17) is 10.5 Å². The minimum absolute atomic E-state index is 0.0295. The lowest BCUT2D eigenvalue weighted by Crippen LogP contribution is -2.65. The van der Waals surface area contributed by atoms with Gasteiger partial charge in [-0.1, -0.05) is 6.92 Å². The normalized spacial score (nSPS) is 28.4. The van der Waals surface area contributed by atoms with Crippen LogP contribution in [0, 0.1) is 11.8 Å². The molecule has 0 spiro atoms. The highest BCUT2D eigenvalue weighted by molar-refractivity contribution is 6.24. The Labute approximate surface area is 232 Å². The van der Waals surface area contributed by atoms with E-state index in [-0.39, 0.29) is 35.3 Å². The predicted octanol–water partition coefficient (Wildman–Crippen LogP) is 1.48. The van der Waals surface area contributed by atoms with Crippen molar-refractivity contribution in [3.05, 3.63) is 39.2 Å². The molecule has 3 aliphatic carbocycles. The summed E-state index contributed by atoms with van der Waals surface area (Å²) in [7, 11) is 4.67. The lowest BCUT2D eigenvalue weighted by molar-refractivity contribution is -0.153. The molecule has 11 heteroatoms. The summed E-state index contributed by atoms with van der Waals surface area (Å²) < 4.78 is 5.85. The molecule has 1 amide bonds. The van der Waals surface area contributed by atoms with Gasteiger partial charge >= 0.3 is 0 Å². The summed E-state index contributed by atoms with van der Waals surface area (Å²) in [6.07, 6.45) is 1.09. The zero-order valence-corrected chi connectivity index (χ0v) is 23.7. The number of carbonyl (C=O) groups is 3. The number of fused-ring (bicyclic) bond motifs is 4. The van der Waals surface area contributed by atoms with E-state index < -0.39 is 58.0 Å². The monoisotopic (exact) mass is 555 g/mol. The number of phenols is 1. The first-order valence-corrected chi connectivity index (χ1v) is 13.5. The summed E-state index contributed by atoms with van der Waals surface area (Å²) in [4.78, 5) is 43.1. The number of methoxy groups -OCH3 is 1. The van der Waals surface area contributed by atoms with Gasteiger partial charge in [-0.3, -0.25) is 24.2 Å². The van der Waals surface area contributed by atoms with Gasteiger partial charge in [-0.25, -0.2) is 0 Å². The third-order valence-electron chi connectivity index (χ3n) is 9.67. The Morgan fingerprint density at radius 1 is 1.15 bits per heavy atom. The Hall–Kier alpha value is -3.41. The number of rotatable bonds is 5. The average Bonchev–Trinajstić information content (AvgIpc) is 3.33. The number of phenolic OH excluding ortho intramolecular Hbond substituents is 1. The van der Waals surface area contributed by atoms with Crippen LogP contribution in [0.3, 0.4) is 0 Å². The highest BCUT2D eigenvalue weighted by Gasteiger charge is 2.64. The Bertz CT molecular complexity index is 1420. The van der Waals surface area contributed by atoms with Gasteiger partial charge < -0.3 is 30.9 Å². The number of amides is 1. The number of aliphatic hydroxyl groups is 3. The van der Waals surface area contributed by atoms with Crippen LogP contribution in [0.4, 0.5) is 0 Å². The van der Waals surface area contributed by atoms with E-state index >= 15 is 0 Å². The van der Waals surface area contributed by atoms with Crippen molar-refractivity contribution in [2.45, 2.75) is 70.3 Å². The number of hydrogen-bond acceptors (Lipinski definition) is 10. The average molecular weight is 556 g/mol. The third kappa shape index (κ3) is 3.50. The molecule has 1 aromatic rings. The van der Waals surface area contributed by atoms with Crippen molar-refractivity contribution in [3.63, 3.8) is 0 Å². The molecular weight excluding hydrogens is 518 g/mol. The SMILES string of the molecule is CCC(C)(C)N1Cc2c(O)c3c(c(OC)c2C1)C[C@H]1C[C@H]2[C@H](N(C)C)C(=O)C(C(N)=O)=C(O)[C@@]2(O)C(=O)C1=C3O. The summed E-state index contributed by atoms with van der Waals surface area (Å²) in [5.41, 5.74) is 3.56. The number of ketones is 2. The number of aromatic hydroxyl groups is 1. The van der Waals surface area contributed by atoms with Crippen LogP contribution >= 0.6 is 0 Å². The lowest BCUT2D eigenvalue weighted by Gasteiger charge is -2.50. The summed E-state index contributed by atoms with van der Waals surface area (Å²) in [6.45, 7) is 7.26. The second-order valence-corrected chi connectivity index (χ2v) is 12.2. The van der Waals surface area contributed by atoms with Crippen LogP contribution in [0.25, 0.3) is 5.76 Å². The lowest BCUT2D eigenvalue weighted by atomic mass is 9.57. The molecule has 4 atom stereocenters. The van der Waals surface area contributed by atoms with Crippen LogP contribution in [-0.2, 0) is 33.9 Å². The number of nitrogens with two attached hydrogens (primary N) is 1. The molecule has 11 nitrogen and oxygen atoms in total. The molecule has 1 fully saturated rings. The van der Waals surface area contributed by atoms with Gasteiger partial charge in [-0.2, -0.15) is 0 Å². The van der Waals surface area contributed by atoms with Crippen LogP contribution in [0.15, 0.2) is 16.9 Å². The molecule has 216 valence electrons. The number of Topliss-reactive ketones (excluding diaryl/α,β-unsaturated/α-hetero) is 2. The van der Waals surface area contributed by atoms with Crippen LogP contribution in [0.5, 0.6) is 11.5 Å². The molecule has 0 radical (unpaired) electrons. The van der Waals surface area contributed by atoms with Gasteiger partial charge in [0.05, 0.1) is 18.7 Å². The van der Waals surface area contributed by atoms with Crippen LogP contribution in [0.2, 0.25) is 0 Å². The molecule has 0 saturated heterocycles. The fraction of sp³-hybridized carbons (Fsp3) is 0.552. The van der Waals surface area contributed by atoms with Crippen molar-refractivity contribution in [1.82, 2.24) is 9.80 Å². The van der Waals surface area contributed by atoms with Gasteiger partial charge in [0.15, 0.2) is 11.4 Å². The molecule has 40 heavy (non-hydrogen) atoms. The van der Waals surface area contributed by atoms with E-state index in [2.05, 4.69) is 25.7 Å². The Balaban J connectivity index is 1.72. The van der Waals surface area contributed by atoms with E-state index in [1.807, 2.05) is 0 Å². The molecule has 0 bridgehead atoms. The van der Waals surface area contributed by atoms with Gasteiger partial charge in [0.25, 0.3) is 5.91 Å². The Morgan fingerprint density at radius 2 is 1.77 bits per heavy atom. The Kier molecular flexibility index (Phi) is 6.37. The zero-order chi connectivity index (χ0) is 29.6. The molecule has 1 aliphatic heterocycles. The number of primary amides is 1. The van der Waals surface area contributed by atoms with E-state index in [1.54, 1.807) is 14.1 Å². The maximum absolute atomic E-state index is 14.0. The second kappa shape index (κ2) is 9.05. The van der Waals surface area contributed by atoms with Crippen molar-refractivity contribution >= 4 is 23.2 Å². The fourth-order valence-electron chi connectivity index (χ4n) is 7.12. The number of ether oxygens (including phenoxy) is 1. The first-order chi connectivity index (χ1) is 18.6. The van der Waals surface area contributed by atoms with E-state index in [1.165, 1.54) is 12.0 Å². The molecule has 0 aromatic heterocycles. The topological polar surface area (TPSA) is 174 Å². The smallest absolute Gasteiger partial charge is 0.255 e. The highest BCUT2D eigenvalue weighted by Crippen LogP contribution is 2.56. The van der Waals surface area contributed by atoms with E-state index in [0.29, 0.717) is 30.0 Å². The van der Waals surface area contributed by atoms with Crippen LogP contribution in [-0.4, -0.2) is 86.1 Å². The van der Waals surface area contributed by atoms with Crippen LogP contribution in [0.1, 0.15) is 55.9 Å². The van der Waals surface area contributed by atoms with Crippen molar-refractivity contribution in [3.8, 4) is 11.5 Å². The predicted molar refractivity (Wildman–Crippen MR) is 144 cm³/mol. The van der Waals surface area contributed by atoms with Crippen molar-refractivity contribution in [2.24, 2.45) is 17.6 Å². The first-order valence-electron chi connectivity index (χ1n) is 13.5. The van der Waals surface area contributed by atoms with Gasteiger partial charge in [-0.15, -0.1) is 0 Å². The third-order valence-corrected chi connectivity index (χ3v) is 9.67. The van der Waals surface area contributed by atoms with Gasteiger partial charge in [0.2, 0.25) is 5.78 Å². The van der Waals surface area contributed by atoms with Crippen LogP contribution < -0.4 is 10.5 Å². The zero-order valence-electron chi connectivity index (χ0n) is 23.7. The standard InChI is InChI=1S/C29H37N3O8/c1-7-28(2,3)32-10-14-15(11-32)24(40-6)13-8-12-9-16-20(31(4)5)23(35)19(27(30)38)26(37)29(16,39)25(36)17(12)22(34)18(13)21(14)33/h12,16,20,33-34,37,39H,7-11H2,1-6H3,(H2,30,38)/t12-,16-,20-,29-/m0/s1. The highest BCUT2D eigenvalue weighted by atomic mass is 16.5. The number of nitrogens with zero attached hydrogens (tertiary/aromatic N) is 2. The molecule has 0 unspecified atom stereocenters. The van der Waals surface area contributed by atoms with E-state index in [9.17, 15) is 34.8 Å². The van der Waals surface area contributed by atoms with Crippen molar-refractivity contribution in [1.29, 1.82) is 0 Å². The molecular formula is C29H37N3O8. The number of benzene rings is 1. The maximum Gasteiger partial charge on any atom is 0.255 e. The largest absolute Gasteiger partial charge is 0.508 e. The second-order valence-electron chi connectivity index (χ2n) is 12.2. The summed E-state index contributed by atoms with van der Waals surface area (Å²) >= 11 is 0. The molecule has 5 rings (SSSR count). The molecule has 1 heterocycles. The molecule has 1 aromatic carbocycles. The molecule has 4 aliphatic rings. The number of likely N-dealkylation sites (N-methyl/N-ethyl adjacent to an activating group) is 1. The maximum atomic E-state index is 14.0. The molecule has 6 N–H and O–H groups in total. The van der Waals surface area contributed by atoms with E-state index in [0.717, 1.165) is 12.0 Å².